The lowest BCUT2D eigenvalue weighted by atomic mass is 10.1. The molecule has 0 radical (unpaired) electrons. The third-order valence-corrected chi connectivity index (χ3v) is 2.37. The molecule has 0 spiro atoms. The maximum absolute atomic E-state index is 12.7. The minimum atomic E-state index is -1.09. The van der Waals surface area contributed by atoms with E-state index in [1.54, 1.807) is 0 Å². The van der Waals surface area contributed by atoms with Gasteiger partial charge < -0.3 is 5.11 Å². The lowest BCUT2D eigenvalue weighted by Crippen LogP contribution is -1.98. The Kier molecular flexibility index (Phi) is 3.06. The van der Waals surface area contributed by atoms with E-state index in [0.717, 1.165) is 0 Å². The summed E-state index contributed by atoms with van der Waals surface area (Å²) in [5, 5.41) is 8.97. The van der Waals surface area contributed by atoms with Crippen LogP contribution < -0.4 is 0 Å². The Bertz CT molecular complexity index is 569. The Balaban J connectivity index is 2.51. The first-order chi connectivity index (χ1) is 8.06. The summed E-state index contributed by atoms with van der Waals surface area (Å²) in [6.07, 6.45) is 0. The molecule has 5 heteroatoms. The summed E-state index contributed by atoms with van der Waals surface area (Å²) in [5.41, 5.74) is 1.05. The van der Waals surface area contributed by atoms with Crippen molar-refractivity contribution in [3.8, 4) is 11.3 Å². The van der Waals surface area contributed by atoms with Crippen molar-refractivity contribution in [2.75, 3.05) is 0 Å². The molecule has 1 N–H and O–H groups in total. The highest BCUT2D eigenvalue weighted by Gasteiger charge is 2.08. The van der Waals surface area contributed by atoms with Crippen molar-refractivity contribution >= 4 is 17.6 Å². The summed E-state index contributed by atoms with van der Waals surface area (Å²) in [6, 6.07) is 8.23. The molecule has 1 aromatic heterocycles. The fraction of sp³-hybridized carbons (Fsp3) is 0. The van der Waals surface area contributed by atoms with Gasteiger partial charge in [-0.15, -0.1) is 0 Å². The fourth-order valence-electron chi connectivity index (χ4n) is 1.39. The summed E-state index contributed by atoms with van der Waals surface area (Å²) in [5.74, 6) is -1.45. The van der Waals surface area contributed by atoms with Crippen molar-refractivity contribution in [2.45, 2.75) is 0 Å². The average Bonchev–Trinajstić information content (AvgIpc) is 2.29. The zero-order valence-corrected chi connectivity index (χ0v) is 9.28. The van der Waals surface area contributed by atoms with Gasteiger partial charge in [-0.2, -0.15) is 0 Å². The highest BCUT2D eigenvalue weighted by atomic mass is 35.5. The number of benzene rings is 1. The van der Waals surface area contributed by atoms with Crippen LogP contribution in [0.3, 0.4) is 0 Å². The van der Waals surface area contributed by atoms with Gasteiger partial charge in [-0.1, -0.05) is 11.6 Å². The zero-order valence-electron chi connectivity index (χ0n) is 8.52. The first kappa shape index (κ1) is 11.5. The van der Waals surface area contributed by atoms with Crippen molar-refractivity contribution in [3.63, 3.8) is 0 Å². The van der Waals surface area contributed by atoms with Gasteiger partial charge in [-0.05, 0) is 36.4 Å². The van der Waals surface area contributed by atoms with E-state index in [0.29, 0.717) is 11.3 Å². The number of hydrogen-bond acceptors (Lipinski definition) is 2. The molecule has 0 aliphatic rings. The number of pyridine rings is 1. The summed E-state index contributed by atoms with van der Waals surface area (Å²) >= 11 is 5.73. The van der Waals surface area contributed by atoms with Gasteiger partial charge in [0.2, 0.25) is 0 Å². The molecule has 0 saturated carbocycles. The van der Waals surface area contributed by atoms with Crippen LogP contribution in [0.2, 0.25) is 5.15 Å². The molecule has 0 amide bonds. The predicted octanol–water partition coefficient (Wildman–Crippen LogP) is 3.24. The normalized spacial score (nSPS) is 10.2. The van der Waals surface area contributed by atoms with Crippen LogP contribution in [-0.2, 0) is 0 Å². The first-order valence-corrected chi connectivity index (χ1v) is 5.11. The van der Waals surface area contributed by atoms with Crippen LogP contribution in [0.1, 0.15) is 10.4 Å². The van der Waals surface area contributed by atoms with Crippen molar-refractivity contribution in [1.29, 1.82) is 0 Å². The van der Waals surface area contributed by atoms with Crippen molar-refractivity contribution < 1.29 is 14.3 Å². The van der Waals surface area contributed by atoms with Crippen LogP contribution in [0.4, 0.5) is 4.39 Å². The van der Waals surface area contributed by atoms with Crippen LogP contribution >= 0.6 is 11.6 Å². The van der Waals surface area contributed by atoms with Crippen LogP contribution in [0.15, 0.2) is 36.4 Å². The van der Waals surface area contributed by atoms with Gasteiger partial charge in [0.1, 0.15) is 11.0 Å². The predicted molar refractivity (Wildman–Crippen MR) is 61.6 cm³/mol. The number of halogens is 2. The van der Waals surface area contributed by atoms with Crippen molar-refractivity contribution in [2.24, 2.45) is 0 Å². The summed E-state index contributed by atoms with van der Waals surface area (Å²) < 4.78 is 12.7. The third-order valence-electron chi connectivity index (χ3n) is 2.18. The average molecular weight is 252 g/mol. The van der Waals surface area contributed by atoms with Crippen LogP contribution in [-0.4, -0.2) is 16.1 Å². The van der Waals surface area contributed by atoms with Gasteiger partial charge in [0.15, 0.2) is 0 Å². The first-order valence-electron chi connectivity index (χ1n) is 4.73. The van der Waals surface area contributed by atoms with E-state index in [1.807, 2.05) is 0 Å². The molecule has 1 aromatic carbocycles. The second-order valence-electron chi connectivity index (χ2n) is 3.38. The molecule has 17 heavy (non-hydrogen) atoms. The Morgan fingerprint density at radius 3 is 2.47 bits per heavy atom. The third kappa shape index (κ3) is 2.60. The number of hydrogen-bond donors (Lipinski definition) is 1. The molecule has 2 rings (SSSR count). The number of carbonyl (C=O) groups is 1. The molecule has 3 nitrogen and oxygen atoms in total. The van der Waals surface area contributed by atoms with E-state index < -0.39 is 5.97 Å². The van der Waals surface area contributed by atoms with Gasteiger partial charge in [0.25, 0.3) is 0 Å². The van der Waals surface area contributed by atoms with Crippen LogP contribution in [0.25, 0.3) is 11.3 Å². The van der Waals surface area contributed by atoms with Crippen LogP contribution in [0.5, 0.6) is 0 Å². The van der Waals surface area contributed by atoms with E-state index in [9.17, 15) is 9.18 Å². The monoisotopic (exact) mass is 251 g/mol. The molecular weight excluding hydrogens is 245 g/mol. The van der Waals surface area contributed by atoms with E-state index in [-0.39, 0.29) is 16.5 Å². The molecule has 0 aliphatic carbocycles. The second kappa shape index (κ2) is 4.51. The molecule has 86 valence electrons. The largest absolute Gasteiger partial charge is 0.478 e. The van der Waals surface area contributed by atoms with Gasteiger partial charge in [0, 0.05) is 5.56 Å². The van der Waals surface area contributed by atoms with E-state index in [4.69, 9.17) is 16.7 Å². The highest BCUT2D eigenvalue weighted by Crippen LogP contribution is 2.21. The van der Waals surface area contributed by atoms with Crippen molar-refractivity contribution in [1.82, 2.24) is 4.98 Å². The molecule has 0 aliphatic heterocycles. The zero-order chi connectivity index (χ0) is 12.4. The lowest BCUT2D eigenvalue weighted by Gasteiger charge is -2.03. The molecular formula is C12H7ClFNO2. The van der Waals surface area contributed by atoms with E-state index in [1.165, 1.54) is 36.4 Å². The van der Waals surface area contributed by atoms with Crippen molar-refractivity contribution in [3.05, 3.63) is 52.9 Å². The summed E-state index contributed by atoms with van der Waals surface area (Å²) in [4.78, 5) is 14.8. The number of carboxylic acid groups (broad SMARTS) is 1. The molecule has 0 bridgehead atoms. The Hall–Kier alpha value is -1.94. The SMILES string of the molecule is O=C(O)c1cc(Cl)nc(-c2ccc(F)cc2)c1. The molecule has 0 fully saturated rings. The van der Waals surface area contributed by atoms with Gasteiger partial charge in [-0.25, -0.2) is 14.2 Å². The Morgan fingerprint density at radius 1 is 1.24 bits per heavy atom. The molecule has 0 unspecified atom stereocenters. The fourth-order valence-corrected chi connectivity index (χ4v) is 1.60. The Morgan fingerprint density at radius 2 is 1.88 bits per heavy atom. The lowest BCUT2D eigenvalue weighted by molar-refractivity contribution is 0.0697. The molecule has 0 atom stereocenters. The number of aromatic carboxylic acids is 1. The molecule has 2 aromatic rings. The standard InChI is InChI=1S/C12H7ClFNO2/c13-11-6-8(12(16)17)5-10(15-11)7-1-3-9(14)4-2-7/h1-6H,(H,16,17). The summed E-state index contributed by atoms with van der Waals surface area (Å²) in [6.45, 7) is 0. The second-order valence-corrected chi connectivity index (χ2v) is 3.76. The van der Waals surface area contributed by atoms with E-state index in [2.05, 4.69) is 4.98 Å². The number of nitrogens with zero attached hydrogens (tertiary/aromatic N) is 1. The maximum Gasteiger partial charge on any atom is 0.335 e. The van der Waals surface area contributed by atoms with Gasteiger partial charge in [0.05, 0.1) is 11.3 Å². The van der Waals surface area contributed by atoms with E-state index >= 15 is 0 Å². The minimum Gasteiger partial charge on any atom is -0.478 e. The summed E-state index contributed by atoms with van der Waals surface area (Å²) in [7, 11) is 0. The van der Waals surface area contributed by atoms with Gasteiger partial charge in [-0.3, -0.25) is 0 Å². The minimum absolute atomic E-state index is 0.0457. The molecule has 0 saturated heterocycles. The van der Waals surface area contributed by atoms with Gasteiger partial charge >= 0.3 is 5.97 Å². The Labute approximate surface area is 101 Å². The number of carboxylic acids is 1. The quantitative estimate of drug-likeness (QED) is 0.834. The number of aromatic nitrogens is 1. The molecule has 1 heterocycles. The smallest absolute Gasteiger partial charge is 0.335 e. The number of rotatable bonds is 2. The maximum atomic E-state index is 12.7. The highest BCUT2D eigenvalue weighted by molar-refractivity contribution is 6.29. The van der Waals surface area contributed by atoms with Crippen LogP contribution in [0, 0.1) is 5.82 Å². The topological polar surface area (TPSA) is 50.2 Å².